The van der Waals surface area contributed by atoms with Gasteiger partial charge in [-0.05, 0) is 42.5 Å². The van der Waals surface area contributed by atoms with Crippen molar-refractivity contribution in [2.24, 2.45) is 5.73 Å². The van der Waals surface area contributed by atoms with Crippen LogP contribution in [0.2, 0.25) is 0 Å². The Morgan fingerprint density at radius 2 is 1.48 bits per heavy atom. The Morgan fingerprint density at radius 1 is 0.857 bits per heavy atom. The Morgan fingerprint density at radius 3 is 2.05 bits per heavy atom. The summed E-state index contributed by atoms with van der Waals surface area (Å²) in [5.74, 6) is 0. The highest BCUT2D eigenvalue weighted by Gasteiger charge is 2.29. The average molecular weight is 293 g/mol. The molecule has 0 aliphatic heterocycles. The fourth-order valence-electron chi connectivity index (χ4n) is 2.23. The molecule has 4 heteroatoms. The topological polar surface area (TPSA) is 26.0 Å². The van der Waals surface area contributed by atoms with E-state index in [0.717, 1.165) is 30.5 Å². The van der Waals surface area contributed by atoms with Crippen molar-refractivity contribution < 1.29 is 13.2 Å². The number of hydrogen-bond acceptors (Lipinski definition) is 1. The van der Waals surface area contributed by atoms with Gasteiger partial charge < -0.3 is 5.73 Å². The lowest BCUT2D eigenvalue weighted by Crippen LogP contribution is -2.23. The molecule has 2 N–H and O–H groups in total. The van der Waals surface area contributed by atoms with Gasteiger partial charge in [0.15, 0.2) is 0 Å². The third-order valence-electron chi connectivity index (χ3n) is 3.43. The molecule has 0 spiro atoms. The summed E-state index contributed by atoms with van der Waals surface area (Å²) in [4.78, 5) is 0. The van der Waals surface area contributed by atoms with E-state index in [9.17, 15) is 13.2 Å². The summed E-state index contributed by atoms with van der Waals surface area (Å²) in [6.45, 7) is 0. The number of nitrogens with two attached hydrogens (primary N) is 1. The third-order valence-corrected chi connectivity index (χ3v) is 3.43. The molecular formula is C17H18F3N. The predicted molar refractivity (Wildman–Crippen MR) is 77.9 cm³/mol. The van der Waals surface area contributed by atoms with Crippen LogP contribution in [-0.4, -0.2) is 6.04 Å². The van der Waals surface area contributed by atoms with Crippen LogP contribution in [0.4, 0.5) is 13.2 Å². The lowest BCUT2D eigenvalue weighted by atomic mass is 9.99. The fourth-order valence-corrected chi connectivity index (χ4v) is 2.23. The second-order valence-electron chi connectivity index (χ2n) is 5.18. The van der Waals surface area contributed by atoms with Gasteiger partial charge in [0.2, 0.25) is 0 Å². The van der Waals surface area contributed by atoms with Crippen LogP contribution in [0.1, 0.15) is 23.1 Å². The van der Waals surface area contributed by atoms with E-state index < -0.39 is 11.7 Å². The molecule has 112 valence electrons. The van der Waals surface area contributed by atoms with Crippen molar-refractivity contribution in [3.8, 4) is 0 Å². The van der Waals surface area contributed by atoms with E-state index >= 15 is 0 Å². The molecule has 0 heterocycles. The molecule has 2 rings (SSSR count). The van der Waals surface area contributed by atoms with Crippen LogP contribution in [0, 0.1) is 0 Å². The van der Waals surface area contributed by atoms with Crippen LogP contribution in [-0.2, 0) is 19.0 Å². The third kappa shape index (κ3) is 4.90. The van der Waals surface area contributed by atoms with Crippen molar-refractivity contribution in [3.05, 3.63) is 71.3 Å². The quantitative estimate of drug-likeness (QED) is 0.878. The second-order valence-corrected chi connectivity index (χ2v) is 5.18. The number of alkyl halides is 3. The first kappa shape index (κ1) is 15.6. The lowest BCUT2D eigenvalue weighted by Gasteiger charge is -2.12. The van der Waals surface area contributed by atoms with Crippen molar-refractivity contribution in [1.82, 2.24) is 0 Å². The molecule has 0 aromatic heterocycles. The number of halogens is 3. The van der Waals surface area contributed by atoms with Crippen LogP contribution < -0.4 is 5.73 Å². The number of rotatable bonds is 5. The highest BCUT2D eigenvalue weighted by Crippen LogP contribution is 2.29. The van der Waals surface area contributed by atoms with E-state index in [1.165, 1.54) is 17.7 Å². The normalized spacial score (nSPS) is 13.1. The van der Waals surface area contributed by atoms with Crippen molar-refractivity contribution >= 4 is 0 Å². The molecule has 21 heavy (non-hydrogen) atoms. The summed E-state index contributed by atoms with van der Waals surface area (Å²) in [6, 6.07) is 15.3. The average Bonchev–Trinajstić information content (AvgIpc) is 2.46. The number of aryl methyl sites for hydroxylation is 1. The van der Waals surface area contributed by atoms with E-state index in [1.807, 2.05) is 30.3 Å². The van der Waals surface area contributed by atoms with E-state index in [1.54, 1.807) is 0 Å². The van der Waals surface area contributed by atoms with E-state index in [2.05, 4.69) is 0 Å². The zero-order valence-corrected chi connectivity index (χ0v) is 11.6. The molecule has 0 saturated carbocycles. The van der Waals surface area contributed by atoms with Crippen LogP contribution >= 0.6 is 0 Å². The summed E-state index contributed by atoms with van der Waals surface area (Å²) < 4.78 is 37.4. The molecule has 0 saturated heterocycles. The maximum Gasteiger partial charge on any atom is 0.416 e. The Hall–Kier alpha value is -1.81. The Labute approximate surface area is 122 Å². The van der Waals surface area contributed by atoms with Crippen molar-refractivity contribution in [1.29, 1.82) is 0 Å². The minimum absolute atomic E-state index is 0.00897. The van der Waals surface area contributed by atoms with Gasteiger partial charge in [0.25, 0.3) is 0 Å². The number of hydrogen-bond donors (Lipinski definition) is 1. The summed E-state index contributed by atoms with van der Waals surface area (Å²) in [6.07, 6.45) is -2.06. The van der Waals surface area contributed by atoms with Gasteiger partial charge in [0, 0.05) is 6.04 Å². The Kier molecular flexibility index (Phi) is 5.02. The minimum atomic E-state index is -4.28. The van der Waals surface area contributed by atoms with Crippen LogP contribution in [0.15, 0.2) is 54.6 Å². The highest BCUT2D eigenvalue weighted by molar-refractivity contribution is 5.25. The molecule has 1 unspecified atom stereocenters. The summed E-state index contributed by atoms with van der Waals surface area (Å²) in [5, 5.41) is 0. The second kappa shape index (κ2) is 6.76. The summed E-state index contributed by atoms with van der Waals surface area (Å²) in [7, 11) is 0. The van der Waals surface area contributed by atoms with Gasteiger partial charge in [-0.2, -0.15) is 13.2 Å². The molecule has 0 amide bonds. The molecule has 2 aromatic rings. The number of benzene rings is 2. The van der Waals surface area contributed by atoms with Gasteiger partial charge in [-0.15, -0.1) is 0 Å². The first-order valence-electron chi connectivity index (χ1n) is 6.91. The summed E-state index contributed by atoms with van der Waals surface area (Å²) in [5.41, 5.74) is 7.52. The van der Waals surface area contributed by atoms with Crippen LogP contribution in [0.5, 0.6) is 0 Å². The minimum Gasteiger partial charge on any atom is -0.327 e. The van der Waals surface area contributed by atoms with Gasteiger partial charge in [-0.3, -0.25) is 0 Å². The predicted octanol–water partition coefficient (Wildman–Crippen LogP) is 4.21. The first-order valence-corrected chi connectivity index (χ1v) is 6.91. The molecule has 0 aliphatic carbocycles. The smallest absolute Gasteiger partial charge is 0.327 e. The molecule has 0 radical (unpaired) electrons. The molecule has 1 atom stereocenters. The van der Waals surface area contributed by atoms with Gasteiger partial charge >= 0.3 is 6.18 Å². The van der Waals surface area contributed by atoms with E-state index in [0.29, 0.717) is 6.42 Å². The molecule has 1 nitrogen and oxygen atoms in total. The maximum absolute atomic E-state index is 12.5. The lowest BCUT2D eigenvalue weighted by molar-refractivity contribution is -0.137. The zero-order chi connectivity index (χ0) is 15.3. The van der Waals surface area contributed by atoms with Crippen molar-refractivity contribution in [3.63, 3.8) is 0 Å². The SMILES string of the molecule is NC(CCc1ccc(C(F)(F)F)cc1)Cc1ccccc1. The van der Waals surface area contributed by atoms with Gasteiger partial charge in [0.1, 0.15) is 0 Å². The summed E-state index contributed by atoms with van der Waals surface area (Å²) >= 11 is 0. The molecule has 0 aliphatic rings. The van der Waals surface area contributed by atoms with Gasteiger partial charge in [0.05, 0.1) is 5.56 Å². The molecule has 0 bridgehead atoms. The molecular weight excluding hydrogens is 275 g/mol. The highest BCUT2D eigenvalue weighted by atomic mass is 19.4. The Bertz CT molecular complexity index is 546. The van der Waals surface area contributed by atoms with Crippen molar-refractivity contribution in [2.45, 2.75) is 31.5 Å². The van der Waals surface area contributed by atoms with Crippen LogP contribution in [0.3, 0.4) is 0 Å². The standard InChI is InChI=1S/C17H18F3N/c18-17(19,20)15-9-6-13(7-10-15)8-11-16(21)12-14-4-2-1-3-5-14/h1-7,9-10,16H,8,11-12,21H2. The fraction of sp³-hybridized carbons (Fsp3) is 0.294. The van der Waals surface area contributed by atoms with Gasteiger partial charge in [-0.25, -0.2) is 0 Å². The monoisotopic (exact) mass is 293 g/mol. The van der Waals surface area contributed by atoms with Crippen molar-refractivity contribution in [2.75, 3.05) is 0 Å². The maximum atomic E-state index is 12.5. The van der Waals surface area contributed by atoms with E-state index in [4.69, 9.17) is 5.73 Å². The largest absolute Gasteiger partial charge is 0.416 e. The van der Waals surface area contributed by atoms with Crippen LogP contribution in [0.25, 0.3) is 0 Å². The van der Waals surface area contributed by atoms with E-state index in [-0.39, 0.29) is 6.04 Å². The first-order chi connectivity index (χ1) is 9.95. The molecule has 2 aromatic carbocycles. The Balaban J connectivity index is 1.85. The zero-order valence-electron chi connectivity index (χ0n) is 11.6. The van der Waals surface area contributed by atoms with Gasteiger partial charge in [-0.1, -0.05) is 42.5 Å². The molecule has 0 fully saturated rings.